The Morgan fingerprint density at radius 2 is 1.87 bits per heavy atom. The molecule has 0 N–H and O–H groups in total. The zero-order chi connectivity index (χ0) is 21.3. The van der Waals surface area contributed by atoms with E-state index in [0.717, 1.165) is 12.8 Å². The molecule has 4 rings (SSSR count). The van der Waals surface area contributed by atoms with Gasteiger partial charge in [-0.15, -0.1) is 0 Å². The van der Waals surface area contributed by atoms with Crippen LogP contribution in [0.3, 0.4) is 0 Å². The zero-order valence-electron chi connectivity index (χ0n) is 17.4. The lowest BCUT2D eigenvalue weighted by Gasteiger charge is -2.36. The molecule has 1 aromatic heterocycles. The molecule has 1 aromatic carbocycles. The number of hydrogen-bond donors (Lipinski definition) is 0. The fourth-order valence-electron chi connectivity index (χ4n) is 4.56. The molecule has 2 saturated heterocycles. The SMILES string of the molecule is COCCc1noc(C2C[C@H]3CC[C@@H](C2)N3S(=O)(=O)c2cc(OC)ccc2OC)n1. The summed E-state index contributed by atoms with van der Waals surface area (Å²) < 4.78 is 49.9. The van der Waals surface area contributed by atoms with Gasteiger partial charge in [-0.1, -0.05) is 5.16 Å². The van der Waals surface area contributed by atoms with E-state index in [1.807, 2.05) is 0 Å². The van der Waals surface area contributed by atoms with Gasteiger partial charge in [0, 0.05) is 37.6 Å². The molecule has 3 heterocycles. The number of benzene rings is 1. The predicted octanol–water partition coefficient (Wildman–Crippen LogP) is 2.38. The van der Waals surface area contributed by atoms with Crippen LogP contribution in [0.5, 0.6) is 11.5 Å². The molecule has 3 atom stereocenters. The minimum atomic E-state index is -3.74. The Morgan fingerprint density at radius 3 is 2.50 bits per heavy atom. The van der Waals surface area contributed by atoms with E-state index in [1.54, 1.807) is 23.5 Å². The van der Waals surface area contributed by atoms with Gasteiger partial charge in [0.2, 0.25) is 15.9 Å². The van der Waals surface area contributed by atoms with E-state index in [9.17, 15) is 8.42 Å². The molecule has 2 aromatic rings. The van der Waals surface area contributed by atoms with Crippen molar-refractivity contribution < 1.29 is 27.2 Å². The van der Waals surface area contributed by atoms with E-state index in [4.69, 9.17) is 18.7 Å². The van der Waals surface area contributed by atoms with Gasteiger partial charge in [0.1, 0.15) is 16.4 Å². The topological polar surface area (TPSA) is 104 Å². The largest absolute Gasteiger partial charge is 0.497 e. The molecule has 0 aliphatic carbocycles. The Bertz CT molecular complexity index is 978. The first-order valence-corrected chi connectivity index (χ1v) is 11.5. The zero-order valence-corrected chi connectivity index (χ0v) is 18.2. The van der Waals surface area contributed by atoms with Crippen LogP contribution in [-0.4, -0.2) is 62.9 Å². The molecule has 0 radical (unpaired) electrons. The van der Waals surface area contributed by atoms with E-state index in [0.29, 0.717) is 49.1 Å². The highest BCUT2D eigenvalue weighted by Gasteiger charge is 2.49. The van der Waals surface area contributed by atoms with Crippen molar-refractivity contribution in [1.82, 2.24) is 14.4 Å². The first-order chi connectivity index (χ1) is 14.5. The van der Waals surface area contributed by atoms with E-state index < -0.39 is 10.0 Å². The van der Waals surface area contributed by atoms with Crippen molar-refractivity contribution in [1.29, 1.82) is 0 Å². The quantitative estimate of drug-likeness (QED) is 0.620. The number of fused-ring (bicyclic) bond motifs is 2. The summed E-state index contributed by atoms with van der Waals surface area (Å²) in [5.41, 5.74) is 0. The average Bonchev–Trinajstić information content (AvgIpc) is 3.34. The van der Waals surface area contributed by atoms with Crippen LogP contribution >= 0.6 is 0 Å². The number of sulfonamides is 1. The van der Waals surface area contributed by atoms with Crippen LogP contribution in [0.1, 0.15) is 43.3 Å². The summed E-state index contributed by atoms with van der Waals surface area (Å²) in [5, 5.41) is 4.03. The third-order valence-corrected chi connectivity index (χ3v) is 7.98. The first-order valence-electron chi connectivity index (χ1n) is 10.0. The Kier molecular flexibility index (Phi) is 5.99. The van der Waals surface area contributed by atoms with Crippen LogP contribution in [0.25, 0.3) is 0 Å². The normalized spacial score (nSPS) is 24.2. The summed E-state index contributed by atoms with van der Waals surface area (Å²) in [6.07, 6.45) is 3.55. The highest BCUT2D eigenvalue weighted by Crippen LogP contribution is 2.46. The van der Waals surface area contributed by atoms with Gasteiger partial charge in [-0.2, -0.15) is 9.29 Å². The van der Waals surface area contributed by atoms with Gasteiger partial charge >= 0.3 is 0 Å². The summed E-state index contributed by atoms with van der Waals surface area (Å²) in [6.45, 7) is 0.531. The number of rotatable bonds is 8. The third kappa shape index (κ3) is 3.79. The molecular formula is C20H27N3O6S. The molecule has 10 heteroatoms. The number of aromatic nitrogens is 2. The second kappa shape index (κ2) is 8.52. The molecule has 0 amide bonds. The molecule has 2 aliphatic heterocycles. The highest BCUT2D eigenvalue weighted by molar-refractivity contribution is 7.89. The second-order valence-corrected chi connectivity index (χ2v) is 9.51. The summed E-state index contributed by atoms with van der Waals surface area (Å²) in [7, 11) is 0.874. The maximum absolute atomic E-state index is 13.6. The third-order valence-electron chi connectivity index (χ3n) is 5.96. The first kappa shape index (κ1) is 21.1. The number of methoxy groups -OCH3 is 3. The average molecular weight is 438 g/mol. The van der Waals surface area contributed by atoms with Crippen LogP contribution in [0.4, 0.5) is 0 Å². The smallest absolute Gasteiger partial charge is 0.247 e. The van der Waals surface area contributed by atoms with Crippen molar-refractivity contribution >= 4 is 10.0 Å². The van der Waals surface area contributed by atoms with Crippen LogP contribution in [0.2, 0.25) is 0 Å². The van der Waals surface area contributed by atoms with Crippen LogP contribution in [0.15, 0.2) is 27.6 Å². The summed E-state index contributed by atoms with van der Waals surface area (Å²) in [5.74, 6) is 2.07. The lowest BCUT2D eigenvalue weighted by molar-refractivity contribution is 0.197. The number of piperidine rings is 1. The van der Waals surface area contributed by atoms with Gasteiger partial charge in [0.15, 0.2) is 5.82 Å². The Balaban J connectivity index is 1.57. The van der Waals surface area contributed by atoms with Gasteiger partial charge in [-0.3, -0.25) is 0 Å². The molecule has 1 unspecified atom stereocenters. The Labute approximate surface area is 176 Å². The van der Waals surface area contributed by atoms with Gasteiger partial charge in [0.05, 0.1) is 20.8 Å². The lowest BCUT2D eigenvalue weighted by Crippen LogP contribution is -2.46. The summed E-state index contributed by atoms with van der Waals surface area (Å²) in [4.78, 5) is 4.64. The predicted molar refractivity (Wildman–Crippen MR) is 107 cm³/mol. The lowest BCUT2D eigenvalue weighted by atomic mass is 9.92. The number of nitrogens with zero attached hydrogens (tertiary/aromatic N) is 3. The fourth-order valence-corrected chi connectivity index (χ4v) is 6.62. The maximum atomic E-state index is 13.6. The van der Waals surface area contributed by atoms with Crippen LogP contribution in [0, 0.1) is 0 Å². The Morgan fingerprint density at radius 1 is 1.13 bits per heavy atom. The van der Waals surface area contributed by atoms with Gasteiger partial charge in [0.25, 0.3) is 0 Å². The maximum Gasteiger partial charge on any atom is 0.247 e. The summed E-state index contributed by atoms with van der Waals surface area (Å²) in [6, 6.07) is 4.63. The minimum Gasteiger partial charge on any atom is -0.497 e. The molecule has 30 heavy (non-hydrogen) atoms. The minimum absolute atomic E-state index is 0.0601. The van der Waals surface area contributed by atoms with Crippen LogP contribution < -0.4 is 9.47 Å². The molecule has 2 bridgehead atoms. The fraction of sp³-hybridized carbons (Fsp3) is 0.600. The molecule has 0 saturated carbocycles. The molecule has 9 nitrogen and oxygen atoms in total. The number of hydrogen-bond acceptors (Lipinski definition) is 8. The van der Waals surface area contributed by atoms with E-state index >= 15 is 0 Å². The Hall–Kier alpha value is -2.17. The van der Waals surface area contributed by atoms with Crippen LogP contribution in [-0.2, 0) is 21.2 Å². The molecule has 164 valence electrons. The summed E-state index contributed by atoms with van der Waals surface area (Å²) >= 11 is 0. The molecule has 2 fully saturated rings. The van der Waals surface area contributed by atoms with Gasteiger partial charge < -0.3 is 18.7 Å². The van der Waals surface area contributed by atoms with Crippen molar-refractivity contribution in [3.05, 3.63) is 29.9 Å². The molecular weight excluding hydrogens is 410 g/mol. The number of ether oxygens (including phenoxy) is 3. The second-order valence-electron chi connectivity index (χ2n) is 7.70. The van der Waals surface area contributed by atoms with E-state index in [1.165, 1.54) is 20.3 Å². The van der Waals surface area contributed by atoms with E-state index in [2.05, 4.69) is 10.1 Å². The van der Waals surface area contributed by atoms with Crippen molar-refractivity contribution in [2.45, 2.75) is 55.0 Å². The molecule has 2 aliphatic rings. The van der Waals surface area contributed by atoms with Gasteiger partial charge in [-0.05, 0) is 37.8 Å². The van der Waals surface area contributed by atoms with Gasteiger partial charge in [-0.25, -0.2) is 8.42 Å². The van der Waals surface area contributed by atoms with Crippen molar-refractivity contribution in [2.75, 3.05) is 27.9 Å². The van der Waals surface area contributed by atoms with Crippen molar-refractivity contribution in [2.24, 2.45) is 0 Å². The van der Waals surface area contributed by atoms with Crippen molar-refractivity contribution in [3.63, 3.8) is 0 Å². The monoisotopic (exact) mass is 437 g/mol. The molecule has 0 spiro atoms. The highest BCUT2D eigenvalue weighted by atomic mass is 32.2. The standard InChI is InChI=1S/C20H27N3O6S/c1-26-9-8-19-21-20(29-22-19)13-10-14-4-5-15(11-13)23(14)30(24,25)18-12-16(27-2)6-7-17(18)28-3/h6-7,12-15H,4-5,8-11H2,1-3H3/t13?,14-,15+. The van der Waals surface area contributed by atoms with Crippen molar-refractivity contribution in [3.8, 4) is 11.5 Å². The van der Waals surface area contributed by atoms with E-state index in [-0.39, 0.29) is 22.9 Å².